The largest absolute Gasteiger partial charge is 0.212 e. The van der Waals surface area contributed by atoms with Crippen LogP contribution >= 0.6 is 0 Å². The van der Waals surface area contributed by atoms with Gasteiger partial charge in [-0.25, -0.2) is 8.78 Å². The van der Waals surface area contributed by atoms with E-state index in [0.717, 1.165) is 12.2 Å². The standard InChI is InChI=1S/C8H10F2/c1-3-5-8(10)6-7(9)4-2/h3,5-6H,1,4H2,2H3/b7-6+,8-5+. The van der Waals surface area contributed by atoms with Crippen molar-refractivity contribution in [3.05, 3.63) is 36.5 Å². The molecule has 0 rings (SSSR count). The van der Waals surface area contributed by atoms with Crippen molar-refractivity contribution in [2.75, 3.05) is 0 Å². The van der Waals surface area contributed by atoms with Crippen molar-refractivity contribution in [3.63, 3.8) is 0 Å². The predicted octanol–water partition coefficient (Wildman–Crippen LogP) is 3.29. The highest BCUT2D eigenvalue weighted by molar-refractivity contribution is 5.18. The molecule has 0 aliphatic rings. The normalized spacial score (nSPS) is 13.5. The van der Waals surface area contributed by atoms with E-state index in [9.17, 15) is 8.78 Å². The average Bonchev–Trinajstić information content (AvgIpc) is 1.88. The van der Waals surface area contributed by atoms with Crippen LogP contribution in [-0.2, 0) is 0 Å². The van der Waals surface area contributed by atoms with Crippen molar-refractivity contribution in [2.24, 2.45) is 0 Å². The highest BCUT2D eigenvalue weighted by atomic mass is 19.1. The molecule has 0 saturated heterocycles. The van der Waals surface area contributed by atoms with Gasteiger partial charge in [0.25, 0.3) is 0 Å². The molecular formula is C8H10F2. The average molecular weight is 144 g/mol. The van der Waals surface area contributed by atoms with E-state index in [0.29, 0.717) is 0 Å². The van der Waals surface area contributed by atoms with Crippen molar-refractivity contribution in [1.82, 2.24) is 0 Å². The second-order valence-electron chi connectivity index (χ2n) is 1.73. The van der Waals surface area contributed by atoms with Crippen molar-refractivity contribution in [2.45, 2.75) is 13.3 Å². The van der Waals surface area contributed by atoms with Gasteiger partial charge in [-0.15, -0.1) is 0 Å². The van der Waals surface area contributed by atoms with E-state index in [4.69, 9.17) is 0 Å². The Morgan fingerprint density at radius 2 is 2.10 bits per heavy atom. The Hall–Kier alpha value is -0.920. The molecule has 0 bridgehead atoms. The van der Waals surface area contributed by atoms with E-state index in [2.05, 4.69) is 6.58 Å². The molecule has 0 spiro atoms. The van der Waals surface area contributed by atoms with Gasteiger partial charge in [-0.05, 0) is 12.5 Å². The molecule has 0 atom stereocenters. The Balaban J connectivity index is 4.11. The summed E-state index contributed by atoms with van der Waals surface area (Å²) in [5.74, 6) is -1.06. The van der Waals surface area contributed by atoms with Crippen molar-refractivity contribution < 1.29 is 8.78 Å². The van der Waals surface area contributed by atoms with Gasteiger partial charge in [-0.1, -0.05) is 19.6 Å². The maximum atomic E-state index is 12.3. The molecule has 0 amide bonds. The summed E-state index contributed by atoms with van der Waals surface area (Å²) in [6, 6.07) is 0. The summed E-state index contributed by atoms with van der Waals surface area (Å²) < 4.78 is 24.6. The summed E-state index contributed by atoms with van der Waals surface area (Å²) in [4.78, 5) is 0. The molecule has 10 heavy (non-hydrogen) atoms. The smallest absolute Gasteiger partial charge is 0.125 e. The molecule has 0 radical (unpaired) electrons. The number of halogens is 2. The van der Waals surface area contributed by atoms with Gasteiger partial charge in [0, 0.05) is 6.08 Å². The SMILES string of the molecule is C=C/C=C(F)\C=C(\F)CC. The minimum Gasteiger partial charge on any atom is -0.212 e. The van der Waals surface area contributed by atoms with Crippen LogP contribution < -0.4 is 0 Å². The van der Waals surface area contributed by atoms with Crippen LogP contribution in [0.4, 0.5) is 8.78 Å². The molecule has 0 fully saturated rings. The van der Waals surface area contributed by atoms with Gasteiger partial charge in [0.05, 0.1) is 0 Å². The minimum absolute atomic E-state index is 0.221. The zero-order valence-corrected chi connectivity index (χ0v) is 5.90. The second-order valence-corrected chi connectivity index (χ2v) is 1.73. The summed E-state index contributed by atoms with van der Waals surface area (Å²) in [6.45, 7) is 4.88. The van der Waals surface area contributed by atoms with Crippen LogP contribution in [0.3, 0.4) is 0 Å². The molecule has 0 aliphatic heterocycles. The first-order valence-electron chi connectivity index (χ1n) is 3.05. The monoisotopic (exact) mass is 144 g/mol. The van der Waals surface area contributed by atoms with Crippen molar-refractivity contribution in [3.8, 4) is 0 Å². The highest BCUT2D eigenvalue weighted by Gasteiger charge is 1.91. The zero-order chi connectivity index (χ0) is 7.98. The Kier molecular flexibility index (Phi) is 4.46. The van der Waals surface area contributed by atoms with E-state index in [-0.39, 0.29) is 6.42 Å². The van der Waals surface area contributed by atoms with Crippen molar-refractivity contribution >= 4 is 0 Å². The van der Waals surface area contributed by atoms with Crippen LogP contribution in [-0.4, -0.2) is 0 Å². The Morgan fingerprint density at radius 3 is 2.50 bits per heavy atom. The van der Waals surface area contributed by atoms with E-state index >= 15 is 0 Å². The number of allylic oxidation sites excluding steroid dienone is 5. The van der Waals surface area contributed by atoms with Crippen molar-refractivity contribution in [1.29, 1.82) is 0 Å². The van der Waals surface area contributed by atoms with Gasteiger partial charge in [-0.2, -0.15) is 0 Å². The van der Waals surface area contributed by atoms with Crippen LogP contribution in [0.1, 0.15) is 13.3 Å². The fourth-order valence-corrected chi connectivity index (χ4v) is 0.412. The Morgan fingerprint density at radius 1 is 1.50 bits per heavy atom. The first kappa shape index (κ1) is 9.08. The quantitative estimate of drug-likeness (QED) is 0.533. The molecule has 0 aliphatic carbocycles. The van der Waals surface area contributed by atoms with E-state index < -0.39 is 11.7 Å². The molecule has 0 saturated carbocycles. The van der Waals surface area contributed by atoms with Crippen LogP contribution in [0.15, 0.2) is 36.5 Å². The van der Waals surface area contributed by atoms with Gasteiger partial charge in [0.1, 0.15) is 11.7 Å². The lowest BCUT2D eigenvalue weighted by Gasteiger charge is -1.86. The van der Waals surface area contributed by atoms with E-state index in [1.54, 1.807) is 6.92 Å². The molecule has 56 valence electrons. The summed E-state index contributed by atoms with van der Waals surface area (Å²) in [6.07, 6.45) is 3.45. The molecule has 0 aromatic heterocycles. The summed E-state index contributed by atoms with van der Waals surface area (Å²) in [5, 5.41) is 0. The molecule has 0 aromatic carbocycles. The van der Waals surface area contributed by atoms with Gasteiger partial charge in [0.2, 0.25) is 0 Å². The van der Waals surface area contributed by atoms with Gasteiger partial charge in [-0.3, -0.25) is 0 Å². The molecular weight excluding hydrogens is 134 g/mol. The topological polar surface area (TPSA) is 0 Å². The van der Waals surface area contributed by atoms with Crippen LogP contribution in [0.2, 0.25) is 0 Å². The molecule has 2 heteroatoms. The third kappa shape index (κ3) is 4.01. The molecule has 0 nitrogen and oxygen atoms in total. The molecule has 0 heterocycles. The zero-order valence-electron chi connectivity index (χ0n) is 5.90. The molecule has 0 N–H and O–H groups in total. The number of hydrogen-bond donors (Lipinski definition) is 0. The van der Waals surface area contributed by atoms with Crippen LogP contribution in [0, 0.1) is 0 Å². The van der Waals surface area contributed by atoms with E-state index in [1.807, 2.05) is 0 Å². The Labute approximate surface area is 59.6 Å². The van der Waals surface area contributed by atoms with Gasteiger partial charge < -0.3 is 0 Å². The molecule has 0 unspecified atom stereocenters. The molecule has 0 aromatic rings. The van der Waals surface area contributed by atoms with Crippen LogP contribution in [0.25, 0.3) is 0 Å². The second kappa shape index (κ2) is 4.91. The minimum atomic E-state index is -0.602. The first-order chi connectivity index (χ1) is 4.70. The fourth-order valence-electron chi connectivity index (χ4n) is 0.412. The predicted molar refractivity (Wildman–Crippen MR) is 38.9 cm³/mol. The number of hydrogen-bond acceptors (Lipinski definition) is 0. The lowest BCUT2D eigenvalue weighted by atomic mass is 10.3. The lowest BCUT2D eigenvalue weighted by Crippen LogP contribution is -1.70. The first-order valence-corrected chi connectivity index (χ1v) is 3.05. The van der Waals surface area contributed by atoms with Crippen LogP contribution in [0.5, 0.6) is 0 Å². The number of rotatable bonds is 3. The summed E-state index contributed by atoms with van der Waals surface area (Å²) >= 11 is 0. The maximum Gasteiger partial charge on any atom is 0.125 e. The van der Waals surface area contributed by atoms with Gasteiger partial charge >= 0.3 is 0 Å². The summed E-state index contributed by atoms with van der Waals surface area (Å²) in [5.41, 5.74) is 0. The third-order valence-electron chi connectivity index (χ3n) is 0.909. The maximum absolute atomic E-state index is 12.3. The highest BCUT2D eigenvalue weighted by Crippen LogP contribution is 2.08. The third-order valence-corrected chi connectivity index (χ3v) is 0.909. The fraction of sp³-hybridized carbons (Fsp3) is 0.250. The van der Waals surface area contributed by atoms with Gasteiger partial charge in [0.15, 0.2) is 0 Å². The summed E-state index contributed by atoms with van der Waals surface area (Å²) in [7, 11) is 0. The Bertz CT molecular complexity index is 166. The lowest BCUT2D eigenvalue weighted by molar-refractivity contribution is 0.587. The van der Waals surface area contributed by atoms with E-state index in [1.165, 1.54) is 6.08 Å².